The highest BCUT2D eigenvalue weighted by atomic mass is 35.5. The smallest absolute Gasteiger partial charge is 0.364 e. The molecule has 0 fully saturated rings. The van der Waals surface area contributed by atoms with Gasteiger partial charge in [0.25, 0.3) is 5.91 Å². The highest BCUT2D eigenvalue weighted by Crippen LogP contribution is 2.05. The van der Waals surface area contributed by atoms with Gasteiger partial charge in [-0.25, -0.2) is 9.59 Å². The van der Waals surface area contributed by atoms with E-state index in [9.17, 15) is 14.4 Å². The Labute approximate surface area is 120 Å². The zero-order chi connectivity index (χ0) is 13.1. The van der Waals surface area contributed by atoms with Crippen LogP contribution in [0.4, 0.5) is 5.69 Å². The van der Waals surface area contributed by atoms with Crippen LogP contribution in [0.3, 0.4) is 0 Å². The minimum Gasteiger partial charge on any atom is -1.00 e. The lowest BCUT2D eigenvalue weighted by Crippen LogP contribution is -3.16. The molecular weight excluding hydrogens is 291 g/mol. The van der Waals surface area contributed by atoms with Crippen LogP contribution in [0.25, 0.3) is 0 Å². The third-order valence-electron chi connectivity index (χ3n) is 2.44. The molecule has 100 valence electrons. The zero-order valence-corrected chi connectivity index (χ0v) is 11.2. The molecule has 0 saturated carbocycles. The lowest BCUT2D eigenvalue weighted by molar-refractivity contribution is -0.720. The van der Waals surface area contributed by atoms with Crippen LogP contribution in [-0.2, 0) is 14.4 Å². The van der Waals surface area contributed by atoms with Crippen molar-refractivity contribution in [2.75, 3.05) is 11.9 Å². The predicted octanol–water partition coefficient (Wildman–Crippen LogP) is -3.30. The molecule has 1 aliphatic heterocycles. The first kappa shape index (κ1) is 15.4. The summed E-state index contributed by atoms with van der Waals surface area (Å²) in [6.45, 7) is -0.265. The summed E-state index contributed by atoms with van der Waals surface area (Å²) in [4.78, 5) is 34.4. The summed E-state index contributed by atoms with van der Waals surface area (Å²) in [5.74, 6) is -1.48. The predicted molar refractivity (Wildman–Crippen MR) is 64.9 cm³/mol. The highest BCUT2D eigenvalue weighted by molar-refractivity contribution is 6.44. The molecule has 0 spiro atoms. The first-order chi connectivity index (χ1) is 8.58. The van der Waals surface area contributed by atoms with Gasteiger partial charge in [0, 0.05) is 5.69 Å². The van der Waals surface area contributed by atoms with Crippen molar-refractivity contribution < 1.29 is 31.7 Å². The van der Waals surface area contributed by atoms with E-state index in [4.69, 9.17) is 11.6 Å². The maximum Gasteiger partial charge on any atom is 0.364 e. The fourth-order valence-electron chi connectivity index (χ4n) is 1.58. The second kappa shape index (κ2) is 6.47. The van der Waals surface area contributed by atoms with Crippen LogP contribution in [0, 0.1) is 0 Å². The molecule has 1 aliphatic rings. The average molecular weight is 301 g/mol. The fourth-order valence-corrected chi connectivity index (χ4v) is 1.79. The lowest BCUT2D eigenvalue weighted by atomic mass is 10.3. The van der Waals surface area contributed by atoms with Crippen LogP contribution in [0.2, 0.25) is 0 Å². The second-order valence-electron chi connectivity index (χ2n) is 3.76. The average Bonchev–Trinajstić information content (AvgIpc) is 2.57. The summed E-state index contributed by atoms with van der Waals surface area (Å²) in [7, 11) is 0. The van der Waals surface area contributed by atoms with E-state index in [0.717, 1.165) is 6.08 Å². The van der Waals surface area contributed by atoms with E-state index >= 15 is 0 Å². The molecule has 1 atom stereocenters. The number of carbonyl (C=O) groups excluding carboxylic acids is 3. The summed E-state index contributed by atoms with van der Waals surface area (Å²) in [5, 5.41) is 2.46. The third-order valence-corrected chi connectivity index (χ3v) is 2.72. The molecule has 5 nitrogen and oxygen atoms in total. The summed E-state index contributed by atoms with van der Waals surface area (Å²) < 4.78 is 0. The highest BCUT2D eigenvalue weighted by Gasteiger charge is 2.37. The molecule has 1 unspecified atom stereocenters. The van der Waals surface area contributed by atoms with E-state index in [2.05, 4.69) is 5.32 Å². The van der Waals surface area contributed by atoms with Crippen LogP contribution in [0.1, 0.15) is 0 Å². The topological polar surface area (TPSA) is 67.7 Å². The number of halogens is 2. The monoisotopic (exact) mass is 300 g/mol. The number of amides is 3. The van der Waals surface area contributed by atoms with Crippen LogP contribution < -0.4 is 22.6 Å². The van der Waals surface area contributed by atoms with Gasteiger partial charge in [-0.1, -0.05) is 29.8 Å². The number of imide groups is 1. The summed E-state index contributed by atoms with van der Waals surface area (Å²) in [6, 6.07) is 8.79. The molecule has 1 aromatic carbocycles. The number of quaternary nitrogens is 1. The minimum atomic E-state index is -0.565. The molecular formula is C12H10Cl2N2O3. The van der Waals surface area contributed by atoms with Gasteiger partial charge in [-0.15, -0.1) is 0 Å². The zero-order valence-electron chi connectivity index (χ0n) is 9.65. The number of hydrogen-bond donors (Lipinski definition) is 2. The Hall–Kier alpha value is -1.69. The largest absolute Gasteiger partial charge is 1.00 e. The van der Waals surface area contributed by atoms with Gasteiger partial charge in [-0.05, 0) is 12.1 Å². The van der Waals surface area contributed by atoms with Crippen LogP contribution in [0.15, 0.2) is 41.4 Å². The van der Waals surface area contributed by atoms with Crippen LogP contribution in [0.5, 0.6) is 0 Å². The number of nitrogens with one attached hydrogen (secondary N) is 2. The van der Waals surface area contributed by atoms with Crippen molar-refractivity contribution in [2.45, 2.75) is 0 Å². The molecule has 0 radical (unpaired) electrons. The number of rotatable bonds is 3. The number of para-hydroxylation sites is 1. The van der Waals surface area contributed by atoms with Crippen LogP contribution in [-0.4, -0.2) is 24.3 Å². The summed E-state index contributed by atoms with van der Waals surface area (Å²) >= 11 is 5.53. The van der Waals surface area contributed by atoms with Crippen molar-refractivity contribution in [1.82, 2.24) is 0 Å². The van der Waals surface area contributed by atoms with Gasteiger partial charge >= 0.3 is 11.8 Å². The Morgan fingerprint density at radius 2 is 1.84 bits per heavy atom. The van der Waals surface area contributed by atoms with E-state index in [0.29, 0.717) is 5.69 Å². The van der Waals surface area contributed by atoms with Crippen molar-refractivity contribution in [1.29, 1.82) is 0 Å². The fraction of sp³-hybridized carbons (Fsp3) is 0.0833. The molecule has 0 bridgehead atoms. The molecule has 2 N–H and O–H groups in total. The maximum absolute atomic E-state index is 11.7. The van der Waals surface area contributed by atoms with Gasteiger partial charge in [-0.2, -0.15) is 4.90 Å². The molecule has 1 aromatic rings. The van der Waals surface area contributed by atoms with Crippen LogP contribution >= 0.6 is 11.6 Å². The molecule has 0 aliphatic carbocycles. The van der Waals surface area contributed by atoms with Gasteiger partial charge in [0.2, 0.25) is 0 Å². The van der Waals surface area contributed by atoms with Crippen molar-refractivity contribution in [2.24, 2.45) is 0 Å². The normalized spacial score (nSPS) is 17.7. The Morgan fingerprint density at radius 3 is 2.37 bits per heavy atom. The molecule has 0 aromatic heterocycles. The molecule has 1 heterocycles. The van der Waals surface area contributed by atoms with E-state index in [1.165, 1.54) is 0 Å². The van der Waals surface area contributed by atoms with E-state index in [1.54, 1.807) is 24.3 Å². The Bertz CT molecular complexity index is 543. The van der Waals surface area contributed by atoms with Crippen molar-refractivity contribution in [3.8, 4) is 0 Å². The minimum absolute atomic E-state index is 0. The van der Waals surface area contributed by atoms with E-state index in [1.807, 2.05) is 6.07 Å². The molecule has 19 heavy (non-hydrogen) atoms. The number of carbonyl (C=O) groups is 3. The van der Waals surface area contributed by atoms with Gasteiger partial charge in [0.05, 0.1) is 6.08 Å². The van der Waals surface area contributed by atoms with Crippen molar-refractivity contribution >= 4 is 35.0 Å². The maximum atomic E-state index is 11.7. The Balaban J connectivity index is 0.00000180. The summed E-state index contributed by atoms with van der Waals surface area (Å²) in [5.41, 5.74) is 0.611. The van der Waals surface area contributed by atoms with Gasteiger partial charge in [0.15, 0.2) is 11.6 Å². The number of anilines is 1. The van der Waals surface area contributed by atoms with Gasteiger partial charge < -0.3 is 17.7 Å². The molecule has 2 rings (SSSR count). The Kier molecular flexibility index (Phi) is 5.23. The summed E-state index contributed by atoms with van der Waals surface area (Å²) in [6.07, 6.45) is 1.04. The quantitative estimate of drug-likeness (QED) is 0.575. The first-order valence-corrected chi connectivity index (χ1v) is 5.62. The van der Waals surface area contributed by atoms with E-state index in [-0.39, 0.29) is 28.9 Å². The number of hydrogen-bond acceptors (Lipinski definition) is 3. The second-order valence-corrected chi connectivity index (χ2v) is 4.16. The molecule has 7 heteroatoms. The van der Waals surface area contributed by atoms with Crippen molar-refractivity contribution in [3.63, 3.8) is 0 Å². The molecule has 3 amide bonds. The third kappa shape index (κ3) is 3.64. The standard InChI is InChI=1S/C12H9ClN2O3.ClH/c13-9-6-11(17)15(12(9)18)7-10(16)14-8-4-2-1-3-5-8;/h1-6H,7H2,(H,14,16);1H. The van der Waals surface area contributed by atoms with Crippen molar-refractivity contribution in [3.05, 3.63) is 41.4 Å². The van der Waals surface area contributed by atoms with E-state index < -0.39 is 17.7 Å². The van der Waals surface area contributed by atoms with Gasteiger partial charge in [0.1, 0.15) is 0 Å². The molecule has 0 saturated heterocycles. The van der Waals surface area contributed by atoms with Gasteiger partial charge in [-0.3, -0.25) is 4.79 Å². The lowest BCUT2D eigenvalue weighted by Gasteiger charge is -2.08. The first-order valence-electron chi connectivity index (χ1n) is 5.25. The number of benzene rings is 1. The SMILES string of the molecule is O=C(C[NH+]1C(=O)C=C(Cl)C1=O)Nc1ccccc1.[Cl-]. The Morgan fingerprint density at radius 1 is 1.21 bits per heavy atom.